The van der Waals surface area contributed by atoms with Crippen molar-refractivity contribution in [1.82, 2.24) is 0 Å². The smallest absolute Gasteiger partial charge is 0.122 e. The fourth-order valence-corrected chi connectivity index (χ4v) is 1.67. The van der Waals surface area contributed by atoms with Gasteiger partial charge in [0.2, 0.25) is 0 Å². The Balaban J connectivity index is 3.37. The predicted molar refractivity (Wildman–Crippen MR) is 57.7 cm³/mol. The van der Waals surface area contributed by atoms with Crippen LogP contribution < -0.4 is 4.74 Å². The molecule has 0 spiro atoms. The second-order valence-corrected chi connectivity index (χ2v) is 4.20. The Morgan fingerprint density at radius 1 is 1.21 bits per heavy atom. The van der Waals surface area contributed by atoms with E-state index in [-0.39, 0.29) is 0 Å². The van der Waals surface area contributed by atoms with Gasteiger partial charge in [0.1, 0.15) is 5.75 Å². The first-order valence-electron chi connectivity index (χ1n) is 4.74. The maximum atomic E-state index is 9.96. The lowest BCUT2D eigenvalue weighted by Gasteiger charge is -2.22. The van der Waals surface area contributed by atoms with Crippen LogP contribution in [0.15, 0.2) is 12.1 Å². The fraction of sp³-hybridized carbons (Fsp3) is 0.500. The Bertz CT molecular complexity index is 335. The summed E-state index contributed by atoms with van der Waals surface area (Å²) < 4.78 is 5.25. The average molecular weight is 194 g/mol. The summed E-state index contributed by atoms with van der Waals surface area (Å²) in [7, 11) is 1.65. The number of hydrogen-bond donors (Lipinski definition) is 1. The van der Waals surface area contributed by atoms with Crippen molar-refractivity contribution in [3.8, 4) is 5.75 Å². The van der Waals surface area contributed by atoms with Gasteiger partial charge in [0.05, 0.1) is 12.7 Å². The molecule has 0 saturated carbocycles. The molecule has 0 aliphatic carbocycles. The van der Waals surface area contributed by atoms with E-state index in [4.69, 9.17) is 4.74 Å². The minimum absolute atomic E-state index is 0.816. The van der Waals surface area contributed by atoms with Crippen LogP contribution in [0.3, 0.4) is 0 Å². The van der Waals surface area contributed by atoms with Crippen molar-refractivity contribution in [2.45, 2.75) is 33.3 Å². The molecule has 0 atom stereocenters. The number of aryl methyl sites for hydroxylation is 1. The highest BCUT2D eigenvalue weighted by Gasteiger charge is 2.20. The first-order chi connectivity index (χ1) is 6.36. The zero-order valence-corrected chi connectivity index (χ0v) is 9.51. The third-order valence-electron chi connectivity index (χ3n) is 2.38. The van der Waals surface area contributed by atoms with Crippen LogP contribution >= 0.6 is 0 Å². The summed E-state index contributed by atoms with van der Waals surface area (Å²) in [6.07, 6.45) is 0. The van der Waals surface area contributed by atoms with Crippen molar-refractivity contribution in [2.75, 3.05) is 7.11 Å². The Kier molecular flexibility index (Phi) is 2.86. The van der Waals surface area contributed by atoms with Gasteiger partial charge in [-0.15, -0.1) is 0 Å². The molecule has 0 aliphatic rings. The second-order valence-electron chi connectivity index (χ2n) is 4.20. The molecule has 0 saturated heterocycles. The molecular weight excluding hydrogens is 176 g/mol. The van der Waals surface area contributed by atoms with Crippen LogP contribution in [0.2, 0.25) is 0 Å². The Hall–Kier alpha value is -1.02. The lowest BCUT2D eigenvalue weighted by Crippen LogP contribution is -2.17. The molecular formula is C12H18O2. The zero-order chi connectivity index (χ0) is 10.9. The van der Waals surface area contributed by atoms with Crippen molar-refractivity contribution in [3.05, 3.63) is 28.8 Å². The maximum absolute atomic E-state index is 9.96. The van der Waals surface area contributed by atoms with Gasteiger partial charge in [-0.05, 0) is 50.5 Å². The van der Waals surface area contributed by atoms with E-state index in [1.807, 2.05) is 26.0 Å². The molecule has 0 aromatic heterocycles. The SMILES string of the molecule is COc1cc(C)cc(C(C)(C)O)c1C. The molecule has 0 unspecified atom stereocenters. The average Bonchev–Trinajstić information content (AvgIpc) is 2.06. The molecule has 2 nitrogen and oxygen atoms in total. The molecule has 0 heterocycles. The third-order valence-corrected chi connectivity index (χ3v) is 2.38. The number of hydrogen-bond acceptors (Lipinski definition) is 2. The van der Waals surface area contributed by atoms with Crippen molar-refractivity contribution in [2.24, 2.45) is 0 Å². The first kappa shape index (κ1) is 11.1. The van der Waals surface area contributed by atoms with Crippen LogP contribution in [0.4, 0.5) is 0 Å². The van der Waals surface area contributed by atoms with Gasteiger partial charge in [-0.25, -0.2) is 0 Å². The minimum atomic E-state index is -0.816. The van der Waals surface area contributed by atoms with Crippen LogP contribution in [-0.2, 0) is 5.60 Å². The van der Waals surface area contributed by atoms with Gasteiger partial charge in [0.15, 0.2) is 0 Å². The minimum Gasteiger partial charge on any atom is -0.496 e. The van der Waals surface area contributed by atoms with E-state index in [1.165, 1.54) is 0 Å². The summed E-state index contributed by atoms with van der Waals surface area (Å²) in [5.74, 6) is 0.835. The molecule has 0 fully saturated rings. The van der Waals surface area contributed by atoms with E-state index in [1.54, 1.807) is 21.0 Å². The van der Waals surface area contributed by atoms with Crippen molar-refractivity contribution in [1.29, 1.82) is 0 Å². The maximum Gasteiger partial charge on any atom is 0.122 e. The number of ether oxygens (including phenoxy) is 1. The highest BCUT2D eigenvalue weighted by Crippen LogP contribution is 2.30. The second kappa shape index (κ2) is 3.62. The summed E-state index contributed by atoms with van der Waals surface area (Å²) in [6.45, 7) is 7.53. The first-order valence-corrected chi connectivity index (χ1v) is 4.74. The molecule has 14 heavy (non-hydrogen) atoms. The predicted octanol–water partition coefficient (Wildman–Crippen LogP) is 2.54. The quantitative estimate of drug-likeness (QED) is 0.784. The third kappa shape index (κ3) is 2.07. The normalized spacial score (nSPS) is 11.6. The Morgan fingerprint density at radius 3 is 2.21 bits per heavy atom. The highest BCUT2D eigenvalue weighted by atomic mass is 16.5. The molecule has 1 N–H and O–H groups in total. The fourth-order valence-electron chi connectivity index (χ4n) is 1.67. The van der Waals surface area contributed by atoms with Crippen LogP contribution in [-0.4, -0.2) is 12.2 Å². The van der Waals surface area contributed by atoms with Crippen LogP contribution in [0, 0.1) is 13.8 Å². The van der Waals surface area contributed by atoms with Gasteiger partial charge in [-0.1, -0.05) is 6.07 Å². The van der Waals surface area contributed by atoms with E-state index in [0.29, 0.717) is 0 Å². The molecule has 0 aliphatic heterocycles. The number of benzene rings is 1. The van der Waals surface area contributed by atoms with Gasteiger partial charge >= 0.3 is 0 Å². The van der Waals surface area contributed by atoms with Gasteiger partial charge < -0.3 is 9.84 Å². The molecule has 0 bridgehead atoms. The van der Waals surface area contributed by atoms with E-state index < -0.39 is 5.60 Å². The zero-order valence-electron chi connectivity index (χ0n) is 9.51. The molecule has 2 heteroatoms. The molecule has 1 aromatic rings. The lowest BCUT2D eigenvalue weighted by atomic mass is 9.92. The monoisotopic (exact) mass is 194 g/mol. The van der Waals surface area contributed by atoms with Gasteiger partial charge in [-0.2, -0.15) is 0 Å². The van der Waals surface area contributed by atoms with E-state index in [2.05, 4.69) is 0 Å². The van der Waals surface area contributed by atoms with Crippen molar-refractivity contribution >= 4 is 0 Å². The topological polar surface area (TPSA) is 29.5 Å². The van der Waals surface area contributed by atoms with Crippen molar-refractivity contribution < 1.29 is 9.84 Å². The number of aliphatic hydroxyl groups is 1. The summed E-state index contributed by atoms with van der Waals surface area (Å²) in [5.41, 5.74) is 2.22. The Morgan fingerprint density at radius 2 is 1.79 bits per heavy atom. The lowest BCUT2D eigenvalue weighted by molar-refractivity contribution is 0.0775. The number of rotatable bonds is 2. The van der Waals surface area contributed by atoms with Crippen LogP contribution in [0.25, 0.3) is 0 Å². The Labute approximate surface area is 85.5 Å². The van der Waals surface area contributed by atoms with Crippen LogP contribution in [0.5, 0.6) is 5.75 Å². The highest BCUT2D eigenvalue weighted by molar-refractivity contribution is 5.44. The van der Waals surface area contributed by atoms with Crippen molar-refractivity contribution in [3.63, 3.8) is 0 Å². The van der Waals surface area contributed by atoms with Gasteiger partial charge in [0, 0.05) is 0 Å². The molecule has 1 aromatic carbocycles. The summed E-state index contributed by atoms with van der Waals surface area (Å²) in [6, 6.07) is 3.97. The van der Waals surface area contributed by atoms with E-state index >= 15 is 0 Å². The molecule has 0 radical (unpaired) electrons. The summed E-state index contributed by atoms with van der Waals surface area (Å²) >= 11 is 0. The summed E-state index contributed by atoms with van der Waals surface area (Å²) in [5, 5.41) is 9.96. The van der Waals surface area contributed by atoms with Gasteiger partial charge in [0.25, 0.3) is 0 Å². The standard InChI is InChI=1S/C12H18O2/c1-8-6-10(12(3,4)13)9(2)11(7-8)14-5/h6-7,13H,1-5H3. The molecule has 1 rings (SSSR count). The largest absolute Gasteiger partial charge is 0.496 e. The number of methoxy groups -OCH3 is 1. The van der Waals surface area contributed by atoms with E-state index in [9.17, 15) is 5.11 Å². The van der Waals surface area contributed by atoms with Crippen LogP contribution in [0.1, 0.15) is 30.5 Å². The van der Waals surface area contributed by atoms with E-state index in [0.717, 1.165) is 22.4 Å². The molecule has 78 valence electrons. The molecule has 0 amide bonds. The van der Waals surface area contributed by atoms with Gasteiger partial charge in [-0.3, -0.25) is 0 Å². The summed E-state index contributed by atoms with van der Waals surface area (Å²) in [4.78, 5) is 0.